The van der Waals surface area contributed by atoms with Crippen LogP contribution in [0.4, 0.5) is 10.5 Å². The van der Waals surface area contributed by atoms with Gasteiger partial charge in [0.05, 0.1) is 12.7 Å². The molecular weight excluding hydrogens is 426 g/mol. The zero-order valence-corrected chi connectivity index (χ0v) is 19.5. The quantitative estimate of drug-likeness (QED) is 0.355. The van der Waals surface area contributed by atoms with Gasteiger partial charge in [0.25, 0.3) is 0 Å². The van der Waals surface area contributed by atoms with Gasteiger partial charge in [-0.05, 0) is 56.1 Å². The summed E-state index contributed by atoms with van der Waals surface area (Å²) in [6.45, 7) is 4.03. The molecule has 2 heterocycles. The number of fused-ring (bicyclic) bond motifs is 1. The average Bonchev–Trinajstić information content (AvgIpc) is 3.41. The van der Waals surface area contributed by atoms with Gasteiger partial charge in [0.15, 0.2) is 0 Å². The highest BCUT2D eigenvalue weighted by atomic mass is 16.2. The van der Waals surface area contributed by atoms with E-state index >= 15 is 0 Å². The number of primary amides is 1. The molecule has 0 aliphatic rings. The number of hydrogen-bond donors (Lipinski definition) is 3. The minimum Gasteiger partial charge on any atom is -0.358 e. The summed E-state index contributed by atoms with van der Waals surface area (Å²) in [5.74, 6) is 0.771. The van der Waals surface area contributed by atoms with E-state index in [1.54, 1.807) is 11.1 Å². The first-order valence-electron chi connectivity index (χ1n) is 11.3. The van der Waals surface area contributed by atoms with Crippen molar-refractivity contribution in [1.29, 1.82) is 5.26 Å². The van der Waals surface area contributed by atoms with E-state index < -0.39 is 6.03 Å². The Morgan fingerprint density at radius 1 is 1.12 bits per heavy atom. The van der Waals surface area contributed by atoms with Crippen LogP contribution in [0, 0.1) is 18.3 Å². The number of carbonyl (C=O) groups excluding carboxylic acids is 1. The number of rotatable bonds is 9. The number of likely N-dealkylation sites (N-methyl/N-ethyl adjacent to an activating group) is 1. The molecule has 0 aliphatic heterocycles. The molecule has 2 aromatic heterocycles. The van der Waals surface area contributed by atoms with Gasteiger partial charge in [0.1, 0.15) is 17.6 Å². The van der Waals surface area contributed by atoms with E-state index in [-0.39, 0.29) is 0 Å². The van der Waals surface area contributed by atoms with Crippen LogP contribution in [0.3, 0.4) is 0 Å². The third-order valence-electron chi connectivity index (χ3n) is 6.06. The number of aromatic nitrogens is 3. The molecule has 8 nitrogen and oxygen atoms in total. The highest BCUT2D eigenvalue weighted by Crippen LogP contribution is 2.28. The van der Waals surface area contributed by atoms with Crippen LogP contribution in [0.25, 0.3) is 10.9 Å². The Morgan fingerprint density at radius 2 is 1.91 bits per heavy atom. The highest BCUT2D eigenvalue weighted by Gasteiger charge is 2.16. The smallest absolute Gasteiger partial charge is 0.319 e. The van der Waals surface area contributed by atoms with Crippen molar-refractivity contribution in [2.75, 3.05) is 25.0 Å². The first kappa shape index (κ1) is 23.1. The van der Waals surface area contributed by atoms with Crippen molar-refractivity contribution in [1.82, 2.24) is 19.9 Å². The Hall–Kier alpha value is -4.09. The van der Waals surface area contributed by atoms with E-state index in [9.17, 15) is 4.79 Å². The summed E-state index contributed by atoms with van der Waals surface area (Å²) in [6, 6.07) is 17.7. The van der Waals surface area contributed by atoms with Crippen LogP contribution in [0.5, 0.6) is 0 Å². The number of aryl methyl sites for hydroxylation is 1. The number of amides is 2. The van der Waals surface area contributed by atoms with Crippen LogP contribution in [0.1, 0.15) is 28.3 Å². The lowest BCUT2D eigenvalue weighted by atomic mass is 10.1. The average molecular weight is 456 g/mol. The Kier molecular flexibility index (Phi) is 6.95. The van der Waals surface area contributed by atoms with Gasteiger partial charge in [-0.1, -0.05) is 30.3 Å². The van der Waals surface area contributed by atoms with Crippen LogP contribution >= 0.6 is 0 Å². The van der Waals surface area contributed by atoms with Crippen molar-refractivity contribution in [3.05, 3.63) is 83.1 Å². The molecular formula is C26H29N7O. The van der Waals surface area contributed by atoms with E-state index in [1.807, 2.05) is 37.4 Å². The third kappa shape index (κ3) is 5.27. The van der Waals surface area contributed by atoms with Gasteiger partial charge < -0.3 is 15.7 Å². The SMILES string of the molecule is Cc1[nH]c2ccc(N(CCc3ccccc3)C(N)=O)cc2c1CCN(C)Cc1ncc(C#N)[nH]1. The van der Waals surface area contributed by atoms with E-state index in [0.717, 1.165) is 53.1 Å². The summed E-state index contributed by atoms with van der Waals surface area (Å²) in [5, 5.41) is 10.1. The molecule has 2 amide bonds. The van der Waals surface area contributed by atoms with Crippen molar-refractivity contribution in [3.8, 4) is 6.07 Å². The summed E-state index contributed by atoms with van der Waals surface area (Å²) in [5.41, 5.74) is 11.5. The number of urea groups is 1. The molecule has 4 N–H and O–H groups in total. The normalized spacial score (nSPS) is 11.1. The van der Waals surface area contributed by atoms with Gasteiger partial charge in [-0.15, -0.1) is 0 Å². The molecule has 2 aromatic carbocycles. The fourth-order valence-electron chi connectivity index (χ4n) is 4.25. The molecule has 0 spiro atoms. The number of nitrogens with two attached hydrogens (primary N) is 1. The molecule has 4 aromatic rings. The molecule has 0 aliphatic carbocycles. The van der Waals surface area contributed by atoms with Crippen molar-refractivity contribution < 1.29 is 4.79 Å². The van der Waals surface area contributed by atoms with Gasteiger partial charge in [-0.25, -0.2) is 9.78 Å². The molecule has 174 valence electrons. The maximum Gasteiger partial charge on any atom is 0.319 e. The third-order valence-corrected chi connectivity index (χ3v) is 6.06. The topological polar surface area (TPSA) is 118 Å². The second-order valence-electron chi connectivity index (χ2n) is 8.53. The highest BCUT2D eigenvalue weighted by molar-refractivity contribution is 5.95. The number of nitrogens with one attached hydrogen (secondary N) is 2. The first-order chi connectivity index (χ1) is 16.4. The van der Waals surface area contributed by atoms with Crippen molar-refractivity contribution in [3.63, 3.8) is 0 Å². The Morgan fingerprint density at radius 3 is 2.62 bits per heavy atom. The second-order valence-corrected chi connectivity index (χ2v) is 8.53. The van der Waals surface area contributed by atoms with Gasteiger partial charge >= 0.3 is 6.03 Å². The molecule has 0 saturated carbocycles. The minimum atomic E-state index is -0.459. The maximum atomic E-state index is 12.3. The van der Waals surface area contributed by atoms with Gasteiger partial charge in [-0.2, -0.15) is 5.26 Å². The lowest BCUT2D eigenvalue weighted by Gasteiger charge is -2.21. The summed E-state index contributed by atoms with van der Waals surface area (Å²) in [4.78, 5) is 26.8. The van der Waals surface area contributed by atoms with E-state index in [0.29, 0.717) is 18.8 Å². The second kappa shape index (κ2) is 10.2. The zero-order chi connectivity index (χ0) is 24.1. The van der Waals surface area contributed by atoms with Gasteiger partial charge in [0.2, 0.25) is 0 Å². The van der Waals surface area contributed by atoms with Crippen LogP contribution < -0.4 is 10.6 Å². The molecule has 0 radical (unpaired) electrons. The number of carbonyl (C=O) groups is 1. The Labute approximate surface area is 199 Å². The van der Waals surface area contributed by atoms with Crippen molar-refractivity contribution >= 4 is 22.6 Å². The monoisotopic (exact) mass is 455 g/mol. The largest absolute Gasteiger partial charge is 0.358 e. The predicted octanol–water partition coefficient (Wildman–Crippen LogP) is 3.87. The summed E-state index contributed by atoms with van der Waals surface area (Å²) >= 11 is 0. The first-order valence-corrected chi connectivity index (χ1v) is 11.3. The Balaban J connectivity index is 1.49. The number of anilines is 1. The predicted molar refractivity (Wildman–Crippen MR) is 133 cm³/mol. The van der Waals surface area contributed by atoms with E-state index in [4.69, 9.17) is 11.0 Å². The van der Waals surface area contributed by atoms with E-state index in [1.165, 1.54) is 5.56 Å². The molecule has 0 bridgehead atoms. The van der Waals surface area contributed by atoms with Crippen molar-refractivity contribution in [2.24, 2.45) is 5.73 Å². The summed E-state index contributed by atoms with van der Waals surface area (Å²) in [6.07, 6.45) is 3.11. The van der Waals surface area contributed by atoms with Crippen LogP contribution in [0.2, 0.25) is 0 Å². The standard InChI is InChI=1S/C26H29N7O/c1-18-22(11-12-32(2)17-25-29-16-20(15-27)31-25)23-14-21(8-9-24(23)30-18)33(26(28)34)13-10-19-6-4-3-5-7-19/h3-9,14,16,30H,10-13,17H2,1-2H3,(H2,28,34)(H,29,31). The van der Waals surface area contributed by atoms with E-state index in [2.05, 4.69) is 51.0 Å². The summed E-state index contributed by atoms with van der Waals surface area (Å²) < 4.78 is 0. The van der Waals surface area contributed by atoms with Crippen molar-refractivity contribution in [2.45, 2.75) is 26.3 Å². The number of hydrogen-bond acceptors (Lipinski definition) is 4. The minimum absolute atomic E-state index is 0.459. The van der Waals surface area contributed by atoms with Crippen LogP contribution in [-0.2, 0) is 19.4 Å². The molecule has 4 rings (SSSR count). The van der Waals surface area contributed by atoms with Crippen LogP contribution in [0.15, 0.2) is 54.7 Å². The zero-order valence-electron chi connectivity index (χ0n) is 19.5. The lowest BCUT2D eigenvalue weighted by Crippen LogP contribution is -2.37. The van der Waals surface area contributed by atoms with Crippen LogP contribution in [-0.4, -0.2) is 46.0 Å². The maximum absolute atomic E-state index is 12.3. The fraction of sp³-hybridized carbons (Fsp3) is 0.269. The number of imidazole rings is 1. The summed E-state index contributed by atoms with van der Waals surface area (Å²) in [7, 11) is 2.03. The molecule has 34 heavy (non-hydrogen) atoms. The fourth-order valence-corrected chi connectivity index (χ4v) is 4.25. The van der Waals surface area contributed by atoms with Gasteiger partial charge in [-0.3, -0.25) is 9.80 Å². The van der Waals surface area contributed by atoms with Gasteiger partial charge in [0, 0.05) is 35.4 Å². The number of benzene rings is 2. The number of H-pyrrole nitrogens is 2. The molecule has 0 fully saturated rings. The molecule has 0 atom stereocenters. The number of nitrogens with zero attached hydrogens (tertiary/aromatic N) is 4. The lowest BCUT2D eigenvalue weighted by molar-refractivity contribution is 0.254. The molecule has 0 unspecified atom stereocenters. The number of aromatic amines is 2. The number of nitriles is 1. The molecule has 8 heteroatoms. The Bertz CT molecular complexity index is 1320. The molecule has 0 saturated heterocycles.